The molecule has 5 rings (SSSR count). The van der Waals surface area contributed by atoms with Crippen molar-refractivity contribution in [1.82, 2.24) is 20.2 Å². The second-order valence-corrected chi connectivity index (χ2v) is 11.5. The third-order valence-electron chi connectivity index (χ3n) is 7.90. The number of halogens is 1. The summed E-state index contributed by atoms with van der Waals surface area (Å²) in [5, 5.41) is 7.58. The lowest BCUT2D eigenvalue weighted by Gasteiger charge is -2.38. The Morgan fingerprint density at radius 2 is 1.73 bits per heavy atom. The molecule has 2 aromatic carbocycles. The van der Waals surface area contributed by atoms with Gasteiger partial charge in [0, 0.05) is 47.0 Å². The van der Waals surface area contributed by atoms with Crippen LogP contribution < -0.4 is 16.4 Å². The summed E-state index contributed by atoms with van der Waals surface area (Å²) in [6.45, 7) is 4.32. The maximum Gasteiger partial charge on any atom is 0.246 e. The van der Waals surface area contributed by atoms with Gasteiger partial charge in [-0.25, -0.2) is 0 Å². The monoisotopic (exact) mass is 571 g/mol. The molecular weight excluding hydrogens is 538 g/mol. The molecule has 0 saturated carbocycles. The second-order valence-electron chi connectivity index (χ2n) is 11.1. The number of rotatable bonds is 9. The molecular formula is C32H34ClN5O3. The van der Waals surface area contributed by atoms with Crippen molar-refractivity contribution in [1.29, 1.82) is 0 Å². The van der Waals surface area contributed by atoms with Gasteiger partial charge in [-0.3, -0.25) is 19.4 Å². The zero-order valence-corrected chi connectivity index (χ0v) is 23.9. The van der Waals surface area contributed by atoms with Gasteiger partial charge in [-0.1, -0.05) is 55.8 Å². The fourth-order valence-corrected chi connectivity index (χ4v) is 5.91. The number of nitrogens with two attached hydrogens (primary N) is 1. The van der Waals surface area contributed by atoms with Crippen LogP contribution in [0.4, 0.5) is 0 Å². The fourth-order valence-electron chi connectivity index (χ4n) is 5.79. The van der Waals surface area contributed by atoms with E-state index in [1.54, 1.807) is 36.7 Å². The normalized spacial score (nSPS) is 17.2. The molecule has 0 radical (unpaired) electrons. The minimum atomic E-state index is -1.26. The van der Waals surface area contributed by atoms with E-state index in [-0.39, 0.29) is 24.7 Å². The molecule has 1 aliphatic rings. The summed E-state index contributed by atoms with van der Waals surface area (Å²) >= 11 is 6.02. The highest BCUT2D eigenvalue weighted by Gasteiger charge is 2.45. The highest BCUT2D eigenvalue weighted by molar-refractivity contribution is 6.30. The van der Waals surface area contributed by atoms with E-state index in [2.05, 4.69) is 32.3 Å². The number of carbonyl (C=O) groups is 3. The molecule has 212 valence electrons. The average Bonchev–Trinajstić information content (AvgIpc) is 3.25. The Morgan fingerprint density at radius 3 is 2.41 bits per heavy atom. The van der Waals surface area contributed by atoms with Gasteiger partial charge in [0.25, 0.3) is 0 Å². The molecule has 1 aliphatic carbocycles. The van der Waals surface area contributed by atoms with Gasteiger partial charge in [0.1, 0.15) is 11.6 Å². The van der Waals surface area contributed by atoms with Crippen molar-refractivity contribution in [3.8, 4) is 0 Å². The molecule has 8 nitrogen and oxygen atoms in total. The van der Waals surface area contributed by atoms with E-state index in [4.69, 9.17) is 17.3 Å². The second kappa shape index (κ2) is 11.7. The van der Waals surface area contributed by atoms with Crippen molar-refractivity contribution < 1.29 is 14.4 Å². The van der Waals surface area contributed by atoms with Crippen molar-refractivity contribution in [2.75, 3.05) is 0 Å². The summed E-state index contributed by atoms with van der Waals surface area (Å²) in [6.07, 6.45) is 4.87. The average molecular weight is 572 g/mol. The molecule has 41 heavy (non-hydrogen) atoms. The molecule has 0 spiro atoms. The number of para-hydroxylation sites is 1. The molecule has 0 bridgehead atoms. The van der Waals surface area contributed by atoms with E-state index in [1.807, 2.05) is 38.1 Å². The standard InChI is InChI=1S/C32H34ClN5O3/c1-20(2)29(30(34)40)36-31(41)32(37-28(39)17-21-7-9-23(33)10-8-21)14-11-27-25(18-32)24-5-3-4-6-26(24)38(27)19-22-12-15-35-16-13-22/h3-10,12-13,15-16,20,29H,11,14,17-19H2,1-2H3,(H2,34,40)(H,36,41)(H,37,39)/t29-,32-/m0/s1. The number of amides is 3. The molecule has 0 unspecified atom stereocenters. The smallest absolute Gasteiger partial charge is 0.246 e. The van der Waals surface area contributed by atoms with Gasteiger partial charge in [0.05, 0.1) is 6.42 Å². The van der Waals surface area contributed by atoms with E-state index in [1.165, 1.54) is 0 Å². The van der Waals surface area contributed by atoms with Crippen molar-refractivity contribution in [2.24, 2.45) is 11.7 Å². The van der Waals surface area contributed by atoms with Crippen LogP contribution in [0.2, 0.25) is 5.02 Å². The number of aromatic nitrogens is 2. The van der Waals surface area contributed by atoms with Crippen molar-refractivity contribution >= 4 is 40.2 Å². The first-order chi connectivity index (χ1) is 19.7. The number of carbonyl (C=O) groups excluding carboxylic acids is 3. The summed E-state index contributed by atoms with van der Waals surface area (Å²) in [4.78, 5) is 43.8. The predicted molar refractivity (Wildman–Crippen MR) is 159 cm³/mol. The number of nitrogens with one attached hydrogen (secondary N) is 2. The van der Waals surface area contributed by atoms with Gasteiger partial charge in [0.15, 0.2) is 0 Å². The zero-order valence-electron chi connectivity index (χ0n) is 23.2. The minimum absolute atomic E-state index is 0.0896. The summed E-state index contributed by atoms with van der Waals surface area (Å²) in [6, 6.07) is 18.3. The molecule has 0 saturated heterocycles. The van der Waals surface area contributed by atoms with Crippen LogP contribution in [-0.2, 0) is 40.2 Å². The van der Waals surface area contributed by atoms with Crippen molar-refractivity contribution in [3.63, 3.8) is 0 Å². The third-order valence-corrected chi connectivity index (χ3v) is 8.15. The summed E-state index contributed by atoms with van der Waals surface area (Å²) in [7, 11) is 0. The van der Waals surface area contributed by atoms with E-state index < -0.39 is 23.4 Å². The number of hydrogen-bond acceptors (Lipinski definition) is 4. The maximum atomic E-state index is 14.1. The lowest BCUT2D eigenvalue weighted by Crippen LogP contribution is -2.64. The number of benzene rings is 2. The van der Waals surface area contributed by atoms with Crippen molar-refractivity contribution in [2.45, 2.75) is 57.7 Å². The number of fused-ring (bicyclic) bond motifs is 3. The summed E-state index contributed by atoms with van der Waals surface area (Å²) < 4.78 is 2.29. The Labute approximate surface area is 244 Å². The highest BCUT2D eigenvalue weighted by atomic mass is 35.5. The topological polar surface area (TPSA) is 119 Å². The zero-order chi connectivity index (χ0) is 29.1. The predicted octanol–water partition coefficient (Wildman–Crippen LogP) is 3.95. The molecule has 0 aliphatic heterocycles. The van der Waals surface area contributed by atoms with Crippen LogP contribution in [0, 0.1) is 5.92 Å². The maximum absolute atomic E-state index is 14.1. The number of primary amides is 1. The van der Waals surface area contributed by atoms with E-state index in [0.717, 1.165) is 33.3 Å². The SMILES string of the molecule is CC(C)[C@H](NC(=O)[C@]1(NC(=O)Cc2ccc(Cl)cc2)CCc2c(c3ccccc3n2Cc2ccncc2)C1)C(N)=O. The van der Waals surface area contributed by atoms with E-state index >= 15 is 0 Å². The van der Waals surface area contributed by atoms with Gasteiger partial charge in [0.2, 0.25) is 17.7 Å². The van der Waals surface area contributed by atoms with Crippen LogP contribution in [0.15, 0.2) is 73.1 Å². The minimum Gasteiger partial charge on any atom is -0.368 e. The first-order valence-corrected chi connectivity index (χ1v) is 14.2. The van der Waals surface area contributed by atoms with Gasteiger partial charge in [-0.2, -0.15) is 0 Å². The molecule has 9 heteroatoms. The first kappa shape index (κ1) is 28.4. The van der Waals surface area contributed by atoms with Crippen LogP contribution in [0.3, 0.4) is 0 Å². The first-order valence-electron chi connectivity index (χ1n) is 13.8. The Kier molecular flexibility index (Phi) is 8.13. The Morgan fingerprint density at radius 1 is 1.02 bits per heavy atom. The lowest BCUT2D eigenvalue weighted by atomic mass is 9.78. The highest BCUT2D eigenvalue weighted by Crippen LogP contribution is 2.37. The van der Waals surface area contributed by atoms with Gasteiger partial charge < -0.3 is 20.9 Å². The Hall–Kier alpha value is -4.17. The van der Waals surface area contributed by atoms with Crippen LogP contribution in [0.1, 0.15) is 42.7 Å². The molecule has 4 N–H and O–H groups in total. The van der Waals surface area contributed by atoms with Gasteiger partial charge in [-0.05, 0) is 65.8 Å². The van der Waals surface area contributed by atoms with Gasteiger partial charge in [-0.15, -0.1) is 0 Å². The Bertz CT molecular complexity index is 1580. The van der Waals surface area contributed by atoms with Crippen LogP contribution in [0.5, 0.6) is 0 Å². The van der Waals surface area contributed by atoms with E-state index in [9.17, 15) is 14.4 Å². The van der Waals surface area contributed by atoms with Crippen LogP contribution >= 0.6 is 11.6 Å². The Balaban J connectivity index is 1.53. The van der Waals surface area contributed by atoms with Crippen molar-refractivity contribution in [3.05, 3.63) is 100 Å². The van der Waals surface area contributed by atoms with Crippen LogP contribution in [-0.4, -0.2) is 38.9 Å². The molecule has 4 aromatic rings. The number of hydrogen-bond donors (Lipinski definition) is 3. The van der Waals surface area contributed by atoms with E-state index in [0.29, 0.717) is 24.4 Å². The molecule has 3 amide bonds. The number of nitrogens with zero attached hydrogens (tertiary/aromatic N) is 2. The molecule has 2 atom stereocenters. The quantitative estimate of drug-likeness (QED) is 0.282. The molecule has 2 heterocycles. The fraction of sp³-hybridized carbons (Fsp3) is 0.312. The summed E-state index contributed by atoms with van der Waals surface area (Å²) in [5.74, 6) is -1.51. The molecule has 2 aromatic heterocycles. The molecule has 0 fully saturated rings. The largest absolute Gasteiger partial charge is 0.368 e. The number of pyridine rings is 1. The van der Waals surface area contributed by atoms with Crippen LogP contribution in [0.25, 0.3) is 10.9 Å². The third kappa shape index (κ3) is 5.98. The lowest BCUT2D eigenvalue weighted by molar-refractivity contribution is -0.136. The summed E-state index contributed by atoms with van der Waals surface area (Å²) in [5.41, 5.74) is 9.50. The van der Waals surface area contributed by atoms with Gasteiger partial charge >= 0.3 is 0 Å².